The molecule has 0 saturated heterocycles. The minimum atomic E-state index is -4.46. The van der Waals surface area contributed by atoms with Gasteiger partial charge in [0.2, 0.25) is 5.91 Å². The zero-order valence-corrected chi connectivity index (χ0v) is 13.7. The number of nitrogen functional groups attached to an aromatic ring is 1. The summed E-state index contributed by atoms with van der Waals surface area (Å²) in [5.74, 6) is -0.168. The first-order valence-corrected chi connectivity index (χ1v) is 7.79. The molecule has 0 radical (unpaired) electrons. The zero-order valence-electron chi connectivity index (χ0n) is 12.9. The number of nitrogens with zero attached hydrogens (tertiary/aromatic N) is 2. The van der Waals surface area contributed by atoms with E-state index in [1.165, 1.54) is 12.1 Å². The number of amides is 1. The number of carbonyl (C=O) groups excluding carboxylic acids is 1. The Balaban J connectivity index is 2.06. The molecular weight excluding hydrogens is 341 g/mol. The second-order valence-corrected chi connectivity index (χ2v) is 6.35. The highest BCUT2D eigenvalue weighted by molar-refractivity contribution is 8.00. The maximum absolute atomic E-state index is 12.7. The number of thioether (sulfide) groups is 1. The molecule has 1 amide bonds. The van der Waals surface area contributed by atoms with E-state index < -0.39 is 22.9 Å². The van der Waals surface area contributed by atoms with Gasteiger partial charge < -0.3 is 11.1 Å². The van der Waals surface area contributed by atoms with Crippen molar-refractivity contribution in [2.45, 2.75) is 30.4 Å². The number of anilines is 2. The Morgan fingerprint density at radius 2 is 2.00 bits per heavy atom. The average molecular weight is 356 g/mol. The summed E-state index contributed by atoms with van der Waals surface area (Å²) in [7, 11) is 0. The number of aryl methyl sites for hydroxylation is 1. The highest BCUT2D eigenvalue weighted by Gasteiger charge is 2.30. The van der Waals surface area contributed by atoms with Crippen molar-refractivity contribution in [3.63, 3.8) is 0 Å². The van der Waals surface area contributed by atoms with Crippen LogP contribution in [0.25, 0.3) is 0 Å². The zero-order chi connectivity index (χ0) is 17.9. The summed E-state index contributed by atoms with van der Waals surface area (Å²) in [6, 6.07) is 6.05. The van der Waals surface area contributed by atoms with Crippen molar-refractivity contribution >= 4 is 29.2 Å². The van der Waals surface area contributed by atoms with Gasteiger partial charge in [0.1, 0.15) is 5.82 Å². The first-order valence-electron chi connectivity index (χ1n) is 6.91. The fourth-order valence-corrected chi connectivity index (χ4v) is 2.68. The van der Waals surface area contributed by atoms with E-state index in [2.05, 4.69) is 15.3 Å². The minimum absolute atomic E-state index is 0.0759. The fourth-order valence-electron chi connectivity index (χ4n) is 1.85. The van der Waals surface area contributed by atoms with Crippen molar-refractivity contribution in [2.24, 2.45) is 0 Å². The van der Waals surface area contributed by atoms with Gasteiger partial charge in [0.25, 0.3) is 0 Å². The lowest BCUT2D eigenvalue weighted by Crippen LogP contribution is -2.23. The van der Waals surface area contributed by atoms with Gasteiger partial charge >= 0.3 is 6.18 Å². The summed E-state index contributed by atoms with van der Waals surface area (Å²) >= 11 is 1.07. The standard InChI is InChI=1S/C15H15F3N4OS/c1-8-6-12(19)22-14(20-8)24-9(2)13(23)21-11-5-3-4-10(7-11)15(16,17)18/h3-7,9H,1-2H3,(H,21,23)(H2,19,20,22)/t9-/m1/s1. The number of benzene rings is 1. The van der Waals surface area contributed by atoms with E-state index in [0.717, 1.165) is 23.9 Å². The Morgan fingerprint density at radius 3 is 2.62 bits per heavy atom. The van der Waals surface area contributed by atoms with Crippen LogP contribution in [-0.2, 0) is 11.0 Å². The van der Waals surface area contributed by atoms with E-state index in [1.807, 2.05) is 0 Å². The van der Waals surface area contributed by atoms with Crippen molar-refractivity contribution in [1.29, 1.82) is 0 Å². The van der Waals surface area contributed by atoms with E-state index >= 15 is 0 Å². The molecule has 24 heavy (non-hydrogen) atoms. The van der Waals surface area contributed by atoms with Crippen LogP contribution in [0.3, 0.4) is 0 Å². The number of halogens is 3. The molecule has 9 heteroatoms. The predicted octanol–water partition coefficient (Wildman–Crippen LogP) is 3.51. The second kappa shape index (κ2) is 7.08. The van der Waals surface area contributed by atoms with Gasteiger partial charge in [-0.05, 0) is 32.0 Å². The first-order chi connectivity index (χ1) is 11.1. The molecule has 2 rings (SSSR count). The average Bonchev–Trinajstić information content (AvgIpc) is 2.45. The van der Waals surface area contributed by atoms with Crippen molar-refractivity contribution in [3.05, 3.63) is 41.6 Å². The molecule has 2 aromatic rings. The molecule has 3 N–H and O–H groups in total. The van der Waals surface area contributed by atoms with Crippen LogP contribution in [0.4, 0.5) is 24.7 Å². The third-order valence-electron chi connectivity index (χ3n) is 2.96. The molecule has 0 aliphatic carbocycles. The molecule has 0 spiro atoms. The molecule has 5 nitrogen and oxygen atoms in total. The topological polar surface area (TPSA) is 80.9 Å². The van der Waals surface area contributed by atoms with Gasteiger partial charge in [-0.1, -0.05) is 17.8 Å². The summed E-state index contributed by atoms with van der Waals surface area (Å²) in [4.78, 5) is 20.3. The van der Waals surface area contributed by atoms with E-state index in [9.17, 15) is 18.0 Å². The van der Waals surface area contributed by atoms with Gasteiger partial charge in [-0.15, -0.1) is 0 Å². The molecule has 0 aliphatic rings. The summed E-state index contributed by atoms with van der Waals surface area (Å²) < 4.78 is 38.0. The van der Waals surface area contributed by atoms with Crippen LogP contribution in [0.1, 0.15) is 18.2 Å². The Bertz CT molecular complexity index is 731. The van der Waals surface area contributed by atoms with E-state index in [0.29, 0.717) is 10.9 Å². The molecule has 1 atom stereocenters. The molecule has 0 bridgehead atoms. The van der Waals surface area contributed by atoms with E-state index in [-0.39, 0.29) is 11.5 Å². The maximum Gasteiger partial charge on any atom is 0.416 e. The van der Waals surface area contributed by atoms with Crippen LogP contribution >= 0.6 is 11.8 Å². The smallest absolute Gasteiger partial charge is 0.384 e. The Hall–Kier alpha value is -2.29. The van der Waals surface area contributed by atoms with Crippen molar-refractivity contribution in [1.82, 2.24) is 9.97 Å². The highest BCUT2D eigenvalue weighted by atomic mass is 32.2. The molecule has 0 aliphatic heterocycles. The van der Waals surface area contributed by atoms with Gasteiger partial charge in [0.05, 0.1) is 10.8 Å². The molecule has 0 unspecified atom stereocenters. The number of hydrogen-bond donors (Lipinski definition) is 2. The van der Waals surface area contributed by atoms with Gasteiger partial charge in [0.15, 0.2) is 5.16 Å². The summed E-state index contributed by atoms with van der Waals surface area (Å²) in [6.07, 6.45) is -4.46. The Labute approximate surface area is 140 Å². The quantitative estimate of drug-likeness (QED) is 0.647. The number of rotatable bonds is 4. The van der Waals surface area contributed by atoms with Crippen LogP contribution in [0.5, 0.6) is 0 Å². The lowest BCUT2D eigenvalue weighted by atomic mass is 10.2. The van der Waals surface area contributed by atoms with Gasteiger partial charge in [-0.25, -0.2) is 9.97 Å². The van der Waals surface area contributed by atoms with Crippen LogP contribution < -0.4 is 11.1 Å². The third kappa shape index (κ3) is 4.85. The minimum Gasteiger partial charge on any atom is -0.384 e. The molecule has 1 aromatic carbocycles. The van der Waals surface area contributed by atoms with Crippen LogP contribution in [0.15, 0.2) is 35.5 Å². The van der Waals surface area contributed by atoms with Gasteiger partial charge in [0, 0.05) is 17.4 Å². The van der Waals surface area contributed by atoms with Crippen molar-refractivity contribution < 1.29 is 18.0 Å². The number of nitrogens with one attached hydrogen (secondary N) is 1. The monoisotopic (exact) mass is 356 g/mol. The molecule has 1 heterocycles. The normalized spacial score (nSPS) is 12.7. The highest BCUT2D eigenvalue weighted by Crippen LogP contribution is 2.31. The maximum atomic E-state index is 12.7. The molecule has 1 aromatic heterocycles. The third-order valence-corrected chi connectivity index (χ3v) is 3.92. The molecule has 0 fully saturated rings. The van der Waals surface area contributed by atoms with Crippen molar-refractivity contribution in [2.75, 3.05) is 11.1 Å². The number of alkyl halides is 3. The lowest BCUT2D eigenvalue weighted by molar-refractivity contribution is -0.137. The van der Waals surface area contributed by atoms with Crippen LogP contribution in [0, 0.1) is 6.92 Å². The summed E-state index contributed by atoms with van der Waals surface area (Å²) in [5.41, 5.74) is 5.54. The fraction of sp³-hybridized carbons (Fsp3) is 0.267. The molecule has 0 saturated carbocycles. The molecule has 128 valence electrons. The Morgan fingerprint density at radius 1 is 1.29 bits per heavy atom. The number of aromatic nitrogens is 2. The van der Waals surface area contributed by atoms with E-state index in [1.54, 1.807) is 19.9 Å². The van der Waals surface area contributed by atoms with E-state index in [4.69, 9.17) is 5.73 Å². The van der Waals surface area contributed by atoms with Gasteiger partial charge in [-0.3, -0.25) is 4.79 Å². The van der Waals surface area contributed by atoms with Crippen molar-refractivity contribution in [3.8, 4) is 0 Å². The van der Waals surface area contributed by atoms with Crippen LogP contribution in [0.2, 0.25) is 0 Å². The SMILES string of the molecule is Cc1cc(N)nc(S[C@H](C)C(=O)Nc2cccc(C(F)(F)F)c2)n1. The largest absolute Gasteiger partial charge is 0.416 e. The predicted molar refractivity (Wildman–Crippen MR) is 86.6 cm³/mol. The number of carbonyl (C=O) groups is 1. The first kappa shape index (κ1) is 18.1. The number of hydrogen-bond acceptors (Lipinski definition) is 5. The van der Waals surface area contributed by atoms with Gasteiger partial charge in [-0.2, -0.15) is 13.2 Å². The number of nitrogens with two attached hydrogens (primary N) is 1. The molecular formula is C15H15F3N4OS. The lowest BCUT2D eigenvalue weighted by Gasteiger charge is -2.13. The Kier molecular flexibility index (Phi) is 5.33. The summed E-state index contributed by atoms with van der Waals surface area (Å²) in [5, 5.41) is 2.18. The van der Waals surface area contributed by atoms with Crippen LogP contribution in [-0.4, -0.2) is 21.1 Å². The summed E-state index contributed by atoms with van der Waals surface area (Å²) in [6.45, 7) is 3.35. The second-order valence-electron chi connectivity index (χ2n) is 5.04.